The van der Waals surface area contributed by atoms with Crippen LogP contribution in [0, 0.1) is 0 Å². The second-order valence-electron chi connectivity index (χ2n) is 15.9. The van der Waals surface area contributed by atoms with Gasteiger partial charge in [-0.05, 0) is 70.3 Å². The monoisotopic (exact) mass is 811 g/mol. The number of rotatable bonds is 41. The van der Waals surface area contributed by atoms with E-state index in [1.165, 1.54) is 83.5 Å². The Morgan fingerprint density at radius 1 is 0.607 bits per heavy atom. The van der Waals surface area contributed by atoms with Crippen molar-refractivity contribution in [3.8, 4) is 0 Å². The Morgan fingerprint density at radius 2 is 1.07 bits per heavy atom. The first kappa shape index (κ1) is 54.0. The lowest BCUT2D eigenvalue weighted by Crippen LogP contribution is -2.37. The van der Waals surface area contributed by atoms with Crippen molar-refractivity contribution >= 4 is 13.8 Å². The molecule has 10 heteroatoms. The molecule has 0 saturated carbocycles. The third-order valence-corrected chi connectivity index (χ3v) is 10.2. The number of hydrogen-bond acceptors (Lipinski definition) is 7. The predicted molar refractivity (Wildman–Crippen MR) is 234 cm³/mol. The number of quaternary nitrogens is 1. The van der Waals surface area contributed by atoms with Gasteiger partial charge in [-0.1, -0.05) is 145 Å². The highest BCUT2D eigenvalue weighted by molar-refractivity contribution is 7.47. The van der Waals surface area contributed by atoms with E-state index >= 15 is 0 Å². The number of carbonyl (C=O) groups excluding carboxylic acids is 1. The lowest BCUT2D eigenvalue weighted by Gasteiger charge is -2.24. The second-order valence-corrected chi connectivity index (χ2v) is 17.3. The Hall–Kier alpha value is -2.00. The Balaban J connectivity index is 4.37. The van der Waals surface area contributed by atoms with Crippen LogP contribution in [-0.2, 0) is 27.9 Å². The average Bonchev–Trinajstić information content (AvgIpc) is 3.15. The van der Waals surface area contributed by atoms with E-state index in [2.05, 4.69) is 55.5 Å². The van der Waals surface area contributed by atoms with Gasteiger partial charge in [0.15, 0.2) is 6.10 Å². The van der Waals surface area contributed by atoms with Crippen LogP contribution < -0.4 is 0 Å². The molecule has 0 aromatic rings. The standard InChI is InChI=1S/C46H84NO8P/c1-5-6-7-8-9-10-11-12-13-19-22-25-28-31-34-37-41-52-45(44-55-56(50,51)54-42-39-47(2,3)4)43-53-46(49)38-35-32-29-26-23-20-17-15-14-16-18-21-24-27-30-33-36-40-48/h14,16-17,20-21,24,26,29,37,41,45,48H,5-13,15,18-19,22-23,25,27-28,30-36,38-40,42-44H2,1-4H3/p+1/b16-14-,20-17-,24-21-,29-26-,41-37+/t45-/m1/s1. The van der Waals surface area contributed by atoms with E-state index in [4.69, 9.17) is 23.6 Å². The molecule has 9 nitrogen and oxygen atoms in total. The van der Waals surface area contributed by atoms with Crippen LogP contribution in [0.25, 0.3) is 0 Å². The number of ether oxygens (including phenoxy) is 2. The van der Waals surface area contributed by atoms with Gasteiger partial charge in [0.25, 0.3) is 0 Å². The Bertz CT molecular complexity index is 1080. The molecule has 0 aromatic carbocycles. The highest BCUT2D eigenvalue weighted by atomic mass is 31.2. The Morgan fingerprint density at radius 3 is 1.59 bits per heavy atom. The van der Waals surface area contributed by atoms with E-state index in [-0.39, 0.29) is 38.8 Å². The molecule has 0 aliphatic carbocycles. The van der Waals surface area contributed by atoms with E-state index in [9.17, 15) is 14.3 Å². The van der Waals surface area contributed by atoms with Crippen molar-refractivity contribution in [3.63, 3.8) is 0 Å². The summed E-state index contributed by atoms with van der Waals surface area (Å²) in [6.45, 7) is 2.84. The lowest BCUT2D eigenvalue weighted by molar-refractivity contribution is -0.870. The van der Waals surface area contributed by atoms with E-state index in [1.54, 1.807) is 6.26 Å². The molecule has 0 aromatic heterocycles. The molecular weight excluding hydrogens is 725 g/mol. The van der Waals surface area contributed by atoms with Crippen LogP contribution >= 0.6 is 7.82 Å². The number of phosphoric ester groups is 1. The fraction of sp³-hybridized carbons (Fsp3) is 0.761. The summed E-state index contributed by atoms with van der Waals surface area (Å²) in [5, 5.41) is 8.80. The average molecular weight is 811 g/mol. The molecule has 0 amide bonds. The minimum Gasteiger partial charge on any atom is -0.492 e. The first-order valence-electron chi connectivity index (χ1n) is 22.2. The number of unbranched alkanes of at least 4 members (excludes halogenated alkanes) is 18. The zero-order valence-electron chi connectivity index (χ0n) is 36.3. The SMILES string of the molecule is CCCCCCCCCCCCCCCC/C=C/O[C@H](COC(=O)CCC/C=C\C/C=C\C/C=C\C/C=C\CCCCCO)COP(=O)(O)OCC[N+](C)(C)C. The van der Waals surface area contributed by atoms with Gasteiger partial charge in [0.05, 0.1) is 34.0 Å². The minimum absolute atomic E-state index is 0.0750. The summed E-state index contributed by atoms with van der Waals surface area (Å²) in [6.07, 6.45) is 48.0. The van der Waals surface area contributed by atoms with Crippen molar-refractivity contribution in [2.75, 3.05) is 54.1 Å². The predicted octanol–water partition coefficient (Wildman–Crippen LogP) is 12.3. The van der Waals surface area contributed by atoms with Crippen LogP contribution in [-0.4, -0.2) is 80.7 Å². The number of likely N-dealkylation sites (N-methyl/N-ethyl adjacent to an activating group) is 1. The van der Waals surface area contributed by atoms with Gasteiger partial charge in [0.1, 0.15) is 19.8 Å². The molecule has 0 aliphatic heterocycles. The van der Waals surface area contributed by atoms with Gasteiger partial charge < -0.3 is 24.0 Å². The van der Waals surface area contributed by atoms with Crippen molar-refractivity contribution < 1.29 is 42.4 Å². The molecule has 1 unspecified atom stereocenters. The number of allylic oxidation sites excluding steroid dienone is 9. The van der Waals surface area contributed by atoms with Gasteiger partial charge >= 0.3 is 13.8 Å². The largest absolute Gasteiger partial charge is 0.492 e. The zero-order valence-corrected chi connectivity index (χ0v) is 37.2. The van der Waals surface area contributed by atoms with Crippen LogP contribution in [0.4, 0.5) is 0 Å². The smallest absolute Gasteiger partial charge is 0.472 e. The molecule has 2 atom stereocenters. The topological polar surface area (TPSA) is 112 Å². The molecule has 0 radical (unpaired) electrons. The molecule has 56 heavy (non-hydrogen) atoms. The quantitative estimate of drug-likeness (QED) is 0.0157. The summed E-state index contributed by atoms with van der Waals surface area (Å²) in [5.74, 6) is -0.340. The molecular formula is C46H85NO8P+. The number of carbonyl (C=O) groups is 1. The fourth-order valence-electron chi connectivity index (χ4n) is 5.68. The van der Waals surface area contributed by atoms with Gasteiger partial charge in [-0.2, -0.15) is 0 Å². The van der Waals surface area contributed by atoms with Crippen LogP contribution in [0.15, 0.2) is 60.9 Å². The minimum atomic E-state index is -4.28. The fourth-order valence-corrected chi connectivity index (χ4v) is 6.43. The Kier molecular flexibility index (Phi) is 38.4. The summed E-state index contributed by atoms with van der Waals surface area (Å²) < 4.78 is 34.7. The highest BCUT2D eigenvalue weighted by Crippen LogP contribution is 2.43. The number of aliphatic hydroxyl groups excluding tert-OH is 1. The van der Waals surface area contributed by atoms with Crippen molar-refractivity contribution in [1.82, 2.24) is 0 Å². The maximum absolute atomic E-state index is 12.5. The number of phosphoric acid groups is 1. The molecule has 0 saturated heterocycles. The number of esters is 1. The molecule has 0 rings (SSSR count). The third-order valence-electron chi connectivity index (χ3n) is 9.23. The first-order chi connectivity index (χ1) is 27.1. The zero-order chi connectivity index (χ0) is 41.3. The molecule has 0 spiro atoms. The summed E-state index contributed by atoms with van der Waals surface area (Å²) in [5.41, 5.74) is 0. The summed E-state index contributed by atoms with van der Waals surface area (Å²) >= 11 is 0. The van der Waals surface area contributed by atoms with Crippen molar-refractivity contribution in [2.24, 2.45) is 0 Å². The molecule has 326 valence electrons. The van der Waals surface area contributed by atoms with Crippen LogP contribution in [0.3, 0.4) is 0 Å². The lowest BCUT2D eigenvalue weighted by atomic mass is 10.0. The number of nitrogens with zero attached hydrogens (tertiary/aromatic N) is 1. The summed E-state index contributed by atoms with van der Waals surface area (Å²) in [4.78, 5) is 22.6. The van der Waals surface area contributed by atoms with Crippen LogP contribution in [0.2, 0.25) is 0 Å². The number of hydrogen-bond donors (Lipinski definition) is 2. The Labute approximate surface area is 343 Å². The first-order valence-corrected chi connectivity index (χ1v) is 23.7. The van der Waals surface area contributed by atoms with Gasteiger partial charge in [-0.3, -0.25) is 13.8 Å². The van der Waals surface area contributed by atoms with Crippen molar-refractivity contribution in [3.05, 3.63) is 60.9 Å². The molecule has 2 N–H and O–H groups in total. The van der Waals surface area contributed by atoms with E-state index in [0.717, 1.165) is 64.2 Å². The molecule has 0 fully saturated rings. The molecule has 0 heterocycles. The normalized spacial score (nSPS) is 14.2. The molecule has 0 aliphatic rings. The van der Waals surface area contributed by atoms with Gasteiger partial charge in [-0.25, -0.2) is 4.57 Å². The van der Waals surface area contributed by atoms with Crippen LogP contribution in [0.1, 0.15) is 167 Å². The van der Waals surface area contributed by atoms with E-state index < -0.39 is 13.9 Å². The van der Waals surface area contributed by atoms with Crippen molar-refractivity contribution in [2.45, 2.75) is 174 Å². The maximum Gasteiger partial charge on any atom is 0.472 e. The van der Waals surface area contributed by atoms with E-state index in [1.807, 2.05) is 27.2 Å². The summed E-state index contributed by atoms with van der Waals surface area (Å²) in [6, 6.07) is 0. The molecule has 0 bridgehead atoms. The second kappa shape index (κ2) is 39.8. The maximum atomic E-state index is 12.5. The van der Waals surface area contributed by atoms with E-state index in [0.29, 0.717) is 17.4 Å². The van der Waals surface area contributed by atoms with Crippen molar-refractivity contribution in [1.29, 1.82) is 0 Å². The van der Waals surface area contributed by atoms with Crippen LogP contribution in [0.5, 0.6) is 0 Å². The highest BCUT2D eigenvalue weighted by Gasteiger charge is 2.25. The van der Waals surface area contributed by atoms with Gasteiger partial charge in [0, 0.05) is 13.0 Å². The third kappa shape index (κ3) is 43.1. The summed E-state index contributed by atoms with van der Waals surface area (Å²) in [7, 11) is 1.62. The van der Waals surface area contributed by atoms with Gasteiger partial charge in [0.2, 0.25) is 0 Å². The number of aliphatic hydroxyl groups is 1. The van der Waals surface area contributed by atoms with Gasteiger partial charge in [-0.15, -0.1) is 0 Å².